The van der Waals surface area contributed by atoms with E-state index in [9.17, 15) is 9.59 Å². The summed E-state index contributed by atoms with van der Waals surface area (Å²) in [5.74, 6) is 1.35. The van der Waals surface area contributed by atoms with E-state index >= 15 is 0 Å². The molecule has 2 aromatic heterocycles. The van der Waals surface area contributed by atoms with Crippen molar-refractivity contribution < 1.29 is 9.53 Å². The number of fused-ring (bicyclic) bond motifs is 1. The Morgan fingerprint density at radius 2 is 1.90 bits per heavy atom. The number of nitrogens with zero attached hydrogens (tertiary/aromatic N) is 3. The Kier molecular flexibility index (Phi) is 9.24. The first-order chi connectivity index (χ1) is 19.2. The predicted octanol–water partition coefficient (Wildman–Crippen LogP) is 5.52. The molecule has 3 aromatic rings. The summed E-state index contributed by atoms with van der Waals surface area (Å²) >= 11 is 0. The lowest BCUT2D eigenvalue weighted by atomic mass is 9.78. The number of benzene rings is 1. The van der Waals surface area contributed by atoms with Crippen LogP contribution in [0.1, 0.15) is 64.4 Å². The van der Waals surface area contributed by atoms with Gasteiger partial charge in [0.05, 0.1) is 23.7 Å². The molecule has 0 aliphatic heterocycles. The monoisotopic (exact) mass is 544 g/mol. The van der Waals surface area contributed by atoms with Gasteiger partial charge in [-0.25, -0.2) is 4.98 Å². The zero-order valence-corrected chi connectivity index (χ0v) is 23.9. The fraction of sp³-hybridized carbons (Fsp3) is 0.419. The van der Waals surface area contributed by atoms with Crippen molar-refractivity contribution in [2.45, 2.75) is 59.3 Å². The molecule has 40 heavy (non-hydrogen) atoms. The molecule has 4 rings (SSSR count). The van der Waals surface area contributed by atoms with Gasteiger partial charge >= 0.3 is 0 Å². The van der Waals surface area contributed by atoms with Crippen molar-refractivity contribution in [2.75, 3.05) is 17.7 Å². The van der Waals surface area contributed by atoms with Gasteiger partial charge in [0, 0.05) is 18.5 Å². The highest BCUT2D eigenvalue weighted by Gasteiger charge is 2.27. The van der Waals surface area contributed by atoms with Crippen molar-refractivity contribution in [1.82, 2.24) is 19.7 Å². The van der Waals surface area contributed by atoms with Gasteiger partial charge in [-0.2, -0.15) is 5.10 Å². The van der Waals surface area contributed by atoms with Crippen molar-refractivity contribution in [2.24, 2.45) is 18.9 Å². The lowest BCUT2D eigenvalue weighted by molar-refractivity contribution is -0.120. The molecule has 0 radical (unpaired) electrons. The van der Waals surface area contributed by atoms with Gasteiger partial charge in [0.1, 0.15) is 17.1 Å². The van der Waals surface area contributed by atoms with Gasteiger partial charge in [0.15, 0.2) is 5.52 Å². The standard InChI is InChI=1S/C31H40N6O3/c1-6-10-25-27-28(37(5)36-25)31(39)35-29(34-27)20(4)26(40-7-2)18-13-19(3)21-14-16-22(17-15-21)30(38)33-24-12-9-8-11-23(24)32/h8-9,11-13,18,21-22H,3,6-7,10,14-17,32H2,1-2,4-5H3,(H,33,38)(H,34,35,39)/b18-13-,26-20-/t21-,22+. The van der Waals surface area contributed by atoms with Crippen LogP contribution in [0.15, 0.2) is 59.1 Å². The minimum absolute atomic E-state index is 0.0175. The van der Waals surface area contributed by atoms with Gasteiger partial charge in [-0.3, -0.25) is 14.3 Å². The molecule has 4 N–H and O–H groups in total. The number of nitrogen functional groups attached to an aromatic ring is 1. The first-order valence-electron chi connectivity index (χ1n) is 14.1. The van der Waals surface area contributed by atoms with Crippen molar-refractivity contribution in [3.8, 4) is 0 Å². The molecule has 1 aromatic carbocycles. The van der Waals surface area contributed by atoms with E-state index in [1.807, 2.05) is 44.2 Å². The van der Waals surface area contributed by atoms with E-state index in [2.05, 4.69) is 28.9 Å². The lowest BCUT2D eigenvalue weighted by Crippen LogP contribution is -2.27. The first kappa shape index (κ1) is 28.9. The molecule has 0 spiro atoms. The third-order valence-corrected chi connectivity index (χ3v) is 7.56. The average Bonchev–Trinajstić information content (AvgIpc) is 3.27. The van der Waals surface area contributed by atoms with Gasteiger partial charge in [-0.1, -0.05) is 43.7 Å². The van der Waals surface area contributed by atoms with Crippen LogP contribution in [-0.4, -0.2) is 32.3 Å². The van der Waals surface area contributed by atoms with E-state index < -0.39 is 0 Å². The van der Waals surface area contributed by atoms with Crippen LogP contribution in [0, 0.1) is 11.8 Å². The minimum Gasteiger partial charge on any atom is -0.493 e. The highest BCUT2D eigenvalue weighted by Crippen LogP contribution is 2.34. The molecule has 1 aliphatic rings. The molecule has 1 amide bonds. The van der Waals surface area contributed by atoms with Crippen molar-refractivity contribution in [3.05, 3.63) is 76.2 Å². The normalized spacial score (nSPS) is 18.1. The Labute approximate surface area is 235 Å². The van der Waals surface area contributed by atoms with Crippen molar-refractivity contribution in [1.29, 1.82) is 0 Å². The number of aromatic amines is 1. The second-order valence-corrected chi connectivity index (χ2v) is 10.4. The van der Waals surface area contributed by atoms with Gasteiger partial charge in [0.25, 0.3) is 5.56 Å². The van der Waals surface area contributed by atoms with E-state index in [-0.39, 0.29) is 23.3 Å². The van der Waals surface area contributed by atoms with Crippen LogP contribution in [0.25, 0.3) is 16.6 Å². The number of hydrogen-bond donors (Lipinski definition) is 3. The highest BCUT2D eigenvalue weighted by atomic mass is 16.5. The number of amides is 1. The smallest absolute Gasteiger partial charge is 0.277 e. The second kappa shape index (κ2) is 12.8. The summed E-state index contributed by atoms with van der Waals surface area (Å²) < 4.78 is 7.55. The summed E-state index contributed by atoms with van der Waals surface area (Å²) in [5, 5.41) is 7.48. The van der Waals surface area contributed by atoms with Crippen LogP contribution in [0.3, 0.4) is 0 Å². The number of rotatable bonds is 10. The molecule has 1 saturated carbocycles. The number of H-pyrrole nitrogens is 1. The zero-order valence-electron chi connectivity index (χ0n) is 23.9. The van der Waals surface area contributed by atoms with E-state index in [1.165, 1.54) is 0 Å². The maximum Gasteiger partial charge on any atom is 0.277 e. The zero-order chi connectivity index (χ0) is 28.8. The van der Waals surface area contributed by atoms with Crippen LogP contribution in [0.2, 0.25) is 0 Å². The van der Waals surface area contributed by atoms with Crippen molar-refractivity contribution >= 4 is 33.9 Å². The molecule has 1 aliphatic carbocycles. The molecule has 0 bridgehead atoms. The van der Waals surface area contributed by atoms with Crippen LogP contribution < -0.4 is 16.6 Å². The number of aromatic nitrogens is 4. The van der Waals surface area contributed by atoms with Gasteiger partial charge in [-0.15, -0.1) is 0 Å². The Balaban J connectivity index is 1.46. The molecule has 0 atom stereocenters. The Hall–Kier alpha value is -4.14. The average molecular weight is 545 g/mol. The molecular weight excluding hydrogens is 504 g/mol. The maximum atomic E-state index is 12.9. The number of allylic oxidation sites excluding steroid dienone is 4. The molecule has 212 valence electrons. The van der Waals surface area contributed by atoms with E-state index in [0.29, 0.717) is 40.6 Å². The van der Waals surface area contributed by atoms with Crippen molar-refractivity contribution in [3.63, 3.8) is 0 Å². The van der Waals surface area contributed by atoms with Crippen LogP contribution in [0.4, 0.5) is 11.4 Å². The summed E-state index contributed by atoms with van der Waals surface area (Å²) in [6.07, 6.45) is 8.88. The predicted molar refractivity (Wildman–Crippen MR) is 161 cm³/mol. The fourth-order valence-electron chi connectivity index (χ4n) is 5.27. The summed E-state index contributed by atoms with van der Waals surface area (Å²) in [6.45, 7) is 10.7. The van der Waals surface area contributed by atoms with E-state index in [0.717, 1.165) is 55.4 Å². The largest absolute Gasteiger partial charge is 0.493 e. The number of anilines is 2. The summed E-state index contributed by atoms with van der Waals surface area (Å²) in [4.78, 5) is 33.4. The van der Waals surface area contributed by atoms with Gasteiger partial charge in [0.2, 0.25) is 5.91 Å². The Morgan fingerprint density at radius 1 is 1.20 bits per heavy atom. The van der Waals surface area contributed by atoms with Crippen LogP contribution in [-0.2, 0) is 23.0 Å². The molecular formula is C31H40N6O3. The topological polar surface area (TPSA) is 128 Å². The maximum absolute atomic E-state index is 12.9. The van der Waals surface area contributed by atoms with Crippen LogP contribution >= 0.6 is 0 Å². The Bertz CT molecular complexity index is 1500. The summed E-state index contributed by atoms with van der Waals surface area (Å²) in [7, 11) is 1.76. The van der Waals surface area contributed by atoms with E-state index in [1.54, 1.807) is 17.8 Å². The number of nitrogens with one attached hydrogen (secondary N) is 2. The second-order valence-electron chi connectivity index (χ2n) is 10.4. The number of para-hydroxylation sites is 2. The molecule has 9 nitrogen and oxygen atoms in total. The first-order valence-corrected chi connectivity index (χ1v) is 14.1. The summed E-state index contributed by atoms with van der Waals surface area (Å²) in [5.41, 5.74) is 10.6. The minimum atomic E-state index is -0.225. The molecule has 9 heteroatoms. The number of carbonyl (C=O) groups excluding carboxylic acids is 1. The highest BCUT2D eigenvalue weighted by molar-refractivity contribution is 5.95. The van der Waals surface area contributed by atoms with Crippen LogP contribution in [0.5, 0.6) is 0 Å². The molecule has 0 unspecified atom stereocenters. The number of aryl methyl sites for hydroxylation is 2. The number of nitrogens with two attached hydrogens (primary N) is 1. The number of hydrogen-bond acceptors (Lipinski definition) is 6. The third-order valence-electron chi connectivity index (χ3n) is 7.56. The molecule has 1 fully saturated rings. The molecule has 2 heterocycles. The van der Waals surface area contributed by atoms with Gasteiger partial charge in [-0.05, 0) is 70.1 Å². The lowest BCUT2D eigenvalue weighted by Gasteiger charge is -2.28. The fourth-order valence-corrected chi connectivity index (χ4v) is 5.27. The third kappa shape index (κ3) is 6.35. The SMILES string of the molecule is C=C(/C=C\C(OCC)=C(/C)c1nc2c(CCC)nn(C)c2c(=O)[nH]1)[C@H]1CC[C@@H](C(=O)Nc2ccccc2N)CC1. The molecule has 0 saturated heterocycles. The number of carbonyl (C=O) groups is 1. The number of ether oxygens (including phenoxy) is 1. The quantitative estimate of drug-likeness (QED) is 0.175. The summed E-state index contributed by atoms with van der Waals surface area (Å²) in [6, 6.07) is 7.31. The van der Waals surface area contributed by atoms with E-state index in [4.69, 9.17) is 15.5 Å². The Morgan fingerprint density at radius 3 is 2.58 bits per heavy atom. The van der Waals surface area contributed by atoms with Gasteiger partial charge < -0.3 is 20.8 Å².